The Labute approximate surface area is 243 Å². The molecule has 1 aliphatic heterocycles. The molecule has 210 valence electrons. The lowest BCUT2D eigenvalue weighted by Crippen LogP contribution is -2.44. The Bertz CT molecular complexity index is 1730. The van der Waals surface area contributed by atoms with Crippen molar-refractivity contribution >= 4 is 50.4 Å². The molecule has 2 aromatic carbocycles. The fourth-order valence-electron chi connectivity index (χ4n) is 4.62. The molecule has 0 radical (unpaired) electrons. The first-order chi connectivity index (χ1) is 19.9. The van der Waals surface area contributed by atoms with Crippen LogP contribution in [0.3, 0.4) is 0 Å². The summed E-state index contributed by atoms with van der Waals surface area (Å²) in [5, 5.41) is 16.0. The van der Waals surface area contributed by atoms with Gasteiger partial charge >= 0.3 is 6.09 Å². The van der Waals surface area contributed by atoms with Gasteiger partial charge in [0.1, 0.15) is 12.6 Å². The first-order valence-electron chi connectivity index (χ1n) is 13.3. The van der Waals surface area contributed by atoms with Gasteiger partial charge in [0.2, 0.25) is 11.9 Å². The number of carbonyl (C=O) groups excluding carboxylic acids is 2. The van der Waals surface area contributed by atoms with Crippen LogP contribution >= 0.6 is 15.9 Å². The standard InChI is InChI=1S/C28H28BrN9O3/c1-17(2)37-14-19(13-31-37)24-34-25-20-9-6-10-21(29)23(20)33-27(38(25)35-24)32-22-15-36(12-11-30-26(22)39)28(40)41-16-18-7-4-3-5-8-18/h3-10,13-14,17,22H,11-12,15-16H2,1-2H3,(H,30,39)(H,32,33)/t22-/m0/s1. The number of fused-ring (bicyclic) bond motifs is 3. The van der Waals surface area contributed by atoms with E-state index < -0.39 is 12.1 Å². The van der Waals surface area contributed by atoms with Crippen LogP contribution in [0.1, 0.15) is 25.5 Å². The van der Waals surface area contributed by atoms with Gasteiger partial charge in [0.15, 0.2) is 11.5 Å². The third-order valence-corrected chi connectivity index (χ3v) is 7.45. The molecular weight excluding hydrogens is 590 g/mol. The van der Waals surface area contributed by atoms with E-state index >= 15 is 0 Å². The summed E-state index contributed by atoms with van der Waals surface area (Å²) in [4.78, 5) is 37.2. The Hall–Kier alpha value is -4.52. The Morgan fingerprint density at radius 2 is 2.00 bits per heavy atom. The van der Waals surface area contributed by atoms with Crippen LogP contribution in [0.25, 0.3) is 27.9 Å². The van der Waals surface area contributed by atoms with Crippen molar-refractivity contribution < 1.29 is 14.3 Å². The summed E-state index contributed by atoms with van der Waals surface area (Å²) in [5.74, 6) is 0.531. The van der Waals surface area contributed by atoms with Crippen molar-refractivity contribution in [3.63, 3.8) is 0 Å². The molecule has 4 heterocycles. The van der Waals surface area contributed by atoms with Gasteiger partial charge in [0.25, 0.3) is 0 Å². The molecule has 5 aromatic rings. The monoisotopic (exact) mass is 617 g/mol. The highest BCUT2D eigenvalue weighted by atomic mass is 79.9. The lowest BCUT2D eigenvalue weighted by Gasteiger charge is -2.23. The average Bonchev–Trinajstić information content (AvgIpc) is 3.60. The lowest BCUT2D eigenvalue weighted by molar-refractivity contribution is -0.121. The zero-order valence-corrected chi connectivity index (χ0v) is 24.1. The van der Waals surface area contributed by atoms with Gasteiger partial charge < -0.3 is 20.3 Å². The van der Waals surface area contributed by atoms with Gasteiger partial charge in [-0.15, -0.1) is 5.10 Å². The van der Waals surface area contributed by atoms with Crippen LogP contribution in [0.5, 0.6) is 0 Å². The van der Waals surface area contributed by atoms with E-state index in [1.807, 2.05) is 73.3 Å². The highest BCUT2D eigenvalue weighted by Gasteiger charge is 2.30. The SMILES string of the molecule is CC(C)n1cc(-c2nc3c4cccc(Br)c4nc(N[C@H]4CN(C(=O)OCc5ccccc5)CCNC4=O)n3n2)cn1. The first kappa shape index (κ1) is 26.7. The average molecular weight is 618 g/mol. The van der Waals surface area contributed by atoms with Crippen molar-refractivity contribution in [1.29, 1.82) is 0 Å². The molecule has 2 amide bonds. The van der Waals surface area contributed by atoms with Gasteiger partial charge in [-0.3, -0.25) is 9.48 Å². The van der Waals surface area contributed by atoms with Crippen molar-refractivity contribution in [2.24, 2.45) is 0 Å². The summed E-state index contributed by atoms with van der Waals surface area (Å²) >= 11 is 3.59. The van der Waals surface area contributed by atoms with Crippen LogP contribution in [0.4, 0.5) is 10.7 Å². The summed E-state index contributed by atoms with van der Waals surface area (Å²) in [6.07, 6.45) is 3.13. The Balaban J connectivity index is 1.32. The van der Waals surface area contributed by atoms with Crippen molar-refractivity contribution in [2.45, 2.75) is 32.5 Å². The van der Waals surface area contributed by atoms with Crippen molar-refractivity contribution in [3.05, 3.63) is 71.0 Å². The smallest absolute Gasteiger partial charge is 0.410 e. The number of halogens is 1. The van der Waals surface area contributed by atoms with Crippen LogP contribution in [-0.4, -0.2) is 71.9 Å². The summed E-state index contributed by atoms with van der Waals surface area (Å²) in [6, 6.07) is 14.6. The van der Waals surface area contributed by atoms with E-state index in [1.54, 1.807) is 10.7 Å². The van der Waals surface area contributed by atoms with Gasteiger partial charge in [0, 0.05) is 35.2 Å². The van der Waals surface area contributed by atoms with Crippen LogP contribution in [0.2, 0.25) is 0 Å². The van der Waals surface area contributed by atoms with Gasteiger partial charge in [-0.25, -0.2) is 14.8 Å². The molecule has 1 aliphatic rings. The second kappa shape index (κ2) is 11.2. The van der Waals surface area contributed by atoms with Gasteiger partial charge in [0.05, 0.1) is 23.8 Å². The third kappa shape index (κ3) is 5.44. The number of benzene rings is 2. The maximum atomic E-state index is 13.1. The number of rotatable bonds is 6. The zero-order valence-electron chi connectivity index (χ0n) is 22.5. The van der Waals surface area contributed by atoms with E-state index in [0.29, 0.717) is 36.0 Å². The number of ether oxygens (including phenoxy) is 1. The lowest BCUT2D eigenvalue weighted by atomic mass is 10.2. The maximum Gasteiger partial charge on any atom is 0.410 e. The number of hydrogen-bond acceptors (Lipinski definition) is 8. The predicted octanol–water partition coefficient (Wildman–Crippen LogP) is 4.03. The van der Waals surface area contributed by atoms with Crippen LogP contribution < -0.4 is 10.6 Å². The minimum Gasteiger partial charge on any atom is -0.445 e. The van der Waals surface area contributed by atoms with Crippen molar-refractivity contribution in [1.82, 2.24) is 39.6 Å². The van der Waals surface area contributed by atoms with E-state index in [1.165, 1.54) is 4.90 Å². The molecule has 3 aromatic heterocycles. The molecular formula is C28H28BrN9O3. The summed E-state index contributed by atoms with van der Waals surface area (Å²) < 4.78 is 9.74. The third-order valence-electron chi connectivity index (χ3n) is 6.81. The van der Waals surface area contributed by atoms with Crippen LogP contribution in [-0.2, 0) is 16.1 Å². The first-order valence-corrected chi connectivity index (χ1v) is 14.1. The van der Waals surface area contributed by atoms with Gasteiger partial charge in [-0.1, -0.05) is 36.4 Å². The largest absolute Gasteiger partial charge is 0.445 e. The second-order valence-electron chi connectivity index (χ2n) is 10.0. The molecule has 0 unspecified atom stereocenters. The zero-order chi connectivity index (χ0) is 28.5. The second-order valence-corrected chi connectivity index (χ2v) is 10.9. The minimum atomic E-state index is -0.811. The normalized spacial score (nSPS) is 15.8. The number of nitrogens with zero attached hydrogens (tertiary/aromatic N) is 7. The van der Waals surface area contributed by atoms with E-state index in [4.69, 9.17) is 19.8 Å². The summed E-state index contributed by atoms with van der Waals surface area (Å²) in [5.41, 5.74) is 2.87. The molecule has 6 rings (SSSR count). The molecule has 0 aliphatic carbocycles. The van der Waals surface area contributed by atoms with Crippen molar-refractivity contribution in [2.75, 3.05) is 25.0 Å². The van der Waals surface area contributed by atoms with E-state index in [0.717, 1.165) is 21.0 Å². The van der Waals surface area contributed by atoms with E-state index in [-0.39, 0.29) is 25.1 Å². The molecule has 0 spiro atoms. The highest BCUT2D eigenvalue weighted by Crippen LogP contribution is 2.29. The van der Waals surface area contributed by atoms with Gasteiger partial charge in [-0.05, 0) is 47.5 Å². The Kier molecular flexibility index (Phi) is 7.26. The highest BCUT2D eigenvalue weighted by molar-refractivity contribution is 9.10. The topological polar surface area (TPSA) is 132 Å². The molecule has 1 atom stereocenters. The molecule has 41 heavy (non-hydrogen) atoms. The van der Waals surface area contributed by atoms with Crippen molar-refractivity contribution in [3.8, 4) is 11.4 Å². The quantitative estimate of drug-likeness (QED) is 0.292. The van der Waals surface area contributed by atoms with E-state index in [9.17, 15) is 9.59 Å². The van der Waals surface area contributed by atoms with Gasteiger partial charge in [-0.2, -0.15) is 9.61 Å². The summed E-state index contributed by atoms with van der Waals surface area (Å²) in [7, 11) is 0. The molecule has 2 N–H and O–H groups in total. The number of nitrogens with one attached hydrogen (secondary N) is 2. The number of hydrogen-bond donors (Lipinski definition) is 2. The van der Waals surface area contributed by atoms with Crippen LogP contribution in [0.15, 0.2) is 65.4 Å². The number of anilines is 1. The molecule has 12 nitrogen and oxygen atoms in total. The predicted molar refractivity (Wildman–Crippen MR) is 156 cm³/mol. The Morgan fingerprint density at radius 3 is 2.78 bits per heavy atom. The molecule has 13 heteroatoms. The Morgan fingerprint density at radius 1 is 1.17 bits per heavy atom. The number of carbonyl (C=O) groups is 2. The molecule has 1 fully saturated rings. The van der Waals surface area contributed by atoms with Crippen LogP contribution in [0, 0.1) is 0 Å². The van der Waals surface area contributed by atoms with E-state index in [2.05, 4.69) is 31.7 Å². The summed E-state index contributed by atoms with van der Waals surface area (Å²) in [6.45, 7) is 4.94. The fourth-order valence-corrected chi connectivity index (χ4v) is 5.08. The molecule has 0 bridgehead atoms. The molecule has 0 saturated carbocycles. The maximum absolute atomic E-state index is 13.1. The molecule has 1 saturated heterocycles. The number of amides is 2. The number of para-hydroxylation sites is 1. The fraction of sp³-hybridized carbons (Fsp3) is 0.286. The number of aromatic nitrogens is 6. The minimum absolute atomic E-state index is 0.0827.